The van der Waals surface area contributed by atoms with Gasteiger partial charge in [-0.15, -0.1) is 0 Å². The van der Waals surface area contributed by atoms with Gasteiger partial charge in [0.15, 0.2) is 0 Å². The number of aliphatic hydroxyl groups excluding tert-OH is 2. The van der Waals surface area contributed by atoms with E-state index in [2.05, 4.69) is 15.5 Å². The van der Waals surface area contributed by atoms with Crippen LogP contribution in [0.3, 0.4) is 0 Å². The number of carbonyl (C=O) groups excluding carboxylic acids is 2. The van der Waals surface area contributed by atoms with E-state index in [4.69, 9.17) is 14.2 Å². The summed E-state index contributed by atoms with van der Waals surface area (Å²) in [6, 6.07) is 23.7. The zero-order chi connectivity index (χ0) is 33.9. The highest BCUT2D eigenvalue weighted by Crippen LogP contribution is 2.32. The fourth-order valence-electron chi connectivity index (χ4n) is 6.43. The molecule has 0 radical (unpaired) electrons. The van der Waals surface area contributed by atoms with Gasteiger partial charge in [-0.1, -0.05) is 66.7 Å². The van der Waals surface area contributed by atoms with Gasteiger partial charge in [0.05, 0.1) is 43.6 Å². The van der Waals surface area contributed by atoms with E-state index in [1.54, 1.807) is 13.8 Å². The number of ether oxygens (including phenoxy) is 3. The molecular weight excluding hydrogens is 610 g/mol. The van der Waals surface area contributed by atoms with Crippen LogP contribution in [0.5, 0.6) is 5.75 Å². The second-order valence-corrected chi connectivity index (χ2v) is 13.0. The number of benzene rings is 3. The normalized spacial score (nSPS) is 19.6. The minimum Gasteiger partial charge on any atom is -0.492 e. The molecule has 1 aliphatic carbocycles. The minimum absolute atomic E-state index is 0.0769. The second-order valence-electron chi connectivity index (χ2n) is 13.0. The van der Waals surface area contributed by atoms with Crippen LogP contribution in [0.25, 0.3) is 0 Å². The first-order valence-electron chi connectivity index (χ1n) is 17.0. The highest BCUT2D eigenvalue weighted by Gasteiger charge is 2.35. The van der Waals surface area contributed by atoms with Crippen LogP contribution in [0, 0.1) is 5.92 Å². The maximum atomic E-state index is 14.0. The molecule has 0 spiro atoms. The van der Waals surface area contributed by atoms with Crippen LogP contribution in [-0.2, 0) is 33.5 Å². The van der Waals surface area contributed by atoms with Crippen LogP contribution < -0.4 is 15.4 Å². The van der Waals surface area contributed by atoms with Gasteiger partial charge in [-0.25, -0.2) is 4.79 Å². The lowest BCUT2D eigenvalue weighted by molar-refractivity contribution is -0.127. The molecule has 3 aromatic carbocycles. The number of nitrogens with one attached hydrogen (secondary N) is 2. The van der Waals surface area contributed by atoms with Crippen LogP contribution in [-0.4, -0.2) is 90.9 Å². The molecule has 2 aliphatic rings. The summed E-state index contributed by atoms with van der Waals surface area (Å²) in [6.07, 6.45) is -1.53. The molecule has 0 saturated carbocycles. The molecule has 10 heteroatoms. The van der Waals surface area contributed by atoms with Gasteiger partial charge >= 0.3 is 6.09 Å². The fraction of sp³-hybridized carbons (Fsp3) is 0.474. The van der Waals surface area contributed by atoms with E-state index < -0.39 is 36.3 Å². The van der Waals surface area contributed by atoms with Gasteiger partial charge in [0.1, 0.15) is 12.4 Å². The Labute approximate surface area is 283 Å². The Morgan fingerprint density at radius 2 is 1.62 bits per heavy atom. The molecule has 1 saturated heterocycles. The molecule has 10 nitrogen and oxygen atoms in total. The lowest BCUT2D eigenvalue weighted by Gasteiger charge is -2.29. The van der Waals surface area contributed by atoms with Gasteiger partial charge < -0.3 is 35.1 Å². The van der Waals surface area contributed by atoms with Gasteiger partial charge in [0.2, 0.25) is 5.91 Å². The summed E-state index contributed by atoms with van der Waals surface area (Å²) in [5.74, 6) is -0.187. The summed E-state index contributed by atoms with van der Waals surface area (Å²) < 4.78 is 16.7. The Balaban J connectivity index is 1.30. The Morgan fingerprint density at radius 1 is 0.938 bits per heavy atom. The first-order chi connectivity index (χ1) is 23.2. The van der Waals surface area contributed by atoms with Crippen molar-refractivity contribution in [3.63, 3.8) is 0 Å². The quantitative estimate of drug-likeness (QED) is 0.194. The second kappa shape index (κ2) is 17.4. The topological polar surface area (TPSA) is 130 Å². The van der Waals surface area contributed by atoms with Crippen molar-refractivity contribution in [2.45, 2.75) is 69.9 Å². The Hall–Kier alpha value is -3.96. The number of alkyl carbamates (subject to hydrolysis) is 1. The number of hydrogen-bond donors (Lipinski definition) is 4. The molecule has 1 fully saturated rings. The fourth-order valence-corrected chi connectivity index (χ4v) is 6.43. The molecule has 5 rings (SSSR count). The monoisotopic (exact) mass is 659 g/mol. The molecule has 1 aliphatic heterocycles. The maximum Gasteiger partial charge on any atom is 0.407 e. The van der Waals surface area contributed by atoms with Crippen molar-refractivity contribution in [2.24, 2.45) is 5.92 Å². The largest absolute Gasteiger partial charge is 0.492 e. The number of amides is 2. The highest BCUT2D eigenvalue weighted by molar-refractivity contribution is 5.80. The van der Waals surface area contributed by atoms with Crippen molar-refractivity contribution >= 4 is 12.0 Å². The van der Waals surface area contributed by atoms with Crippen LogP contribution in [0.15, 0.2) is 78.9 Å². The number of nitrogens with zero attached hydrogens (tertiary/aromatic N) is 1. The average molecular weight is 660 g/mol. The van der Waals surface area contributed by atoms with Crippen LogP contribution in [0.1, 0.15) is 48.6 Å². The summed E-state index contributed by atoms with van der Waals surface area (Å²) in [5.41, 5.74) is 3.74. The third kappa shape index (κ3) is 10.3. The van der Waals surface area contributed by atoms with E-state index in [0.29, 0.717) is 25.9 Å². The summed E-state index contributed by atoms with van der Waals surface area (Å²) in [6.45, 7) is 8.21. The van der Waals surface area contributed by atoms with E-state index in [9.17, 15) is 19.8 Å². The Morgan fingerprint density at radius 3 is 2.35 bits per heavy atom. The molecule has 0 bridgehead atoms. The minimum atomic E-state index is -1.07. The zero-order valence-electron chi connectivity index (χ0n) is 27.9. The van der Waals surface area contributed by atoms with Crippen molar-refractivity contribution in [1.29, 1.82) is 0 Å². The molecule has 0 aromatic heterocycles. The van der Waals surface area contributed by atoms with Gasteiger partial charge in [0, 0.05) is 32.0 Å². The summed E-state index contributed by atoms with van der Waals surface area (Å²) in [7, 11) is 0. The van der Waals surface area contributed by atoms with Crippen molar-refractivity contribution < 1.29 is 34.0 Å². The maximum absolute atomic E-state index is 14.0. The number of aliphatic hydroxyl groups is 2. The van der Waals surface area contributed by atoms with Crippen molar-refractivity contribution in [3.05, 3.63) is 101 Å². The molecule has 258 valence electrons. The molecule has 5 atom stereocenters. The van der Waals surface area contributed by atoms with Crippen LogP contribution in [0.4, 0.5) is 4.79 Å². The molecule has 2 amide bonds. The number of fused-ring (bicyclic) bond motifs is 1. The number of rotatable bonds is 15. The first kappa shape index (κ1) is 35.3. The average Bonchev–Trinajstić information content (AvgIpc) is 3.39. The van der Waals surface area contributed by atoms with Crippen molar-refractivity contribution in [2.75, 3.05) is 39.5 Å². The lowest BCUT2D eigenvalue weighted by atomic mass is 9.88. The van der Waals surface area contributed by atoms with Gasteiger partial charge in [-0.3, -0.25) is 9.69 Å². The molecule has 3 aromatic rings. The smallest absolute Gasteiger partial charge is 0.407 e. The van der Waals surface area contributed by atoms with E-state index in [1.165, 1.54) is 0 Å². The number of carbonyl (C=O) groups is 2. The predicted octanol–water partition coefficient (Wildman–Crippen LogP) is 3.83. The van der Waals surface area contributed by atoms with Gasteiger partial charge in [0.25, 0.3) is 0 Å². The standard InChI is InChI=1S/C38H49N3O7/c1-26(2)48-38(45)39-33(23-27-8-4-3-5-9-27)34(42)25-30(37(44)40-36-32-11-7-6-10-29(32)24-35(36)43)22-28-12-14-31(15-13-28)47-21-18-41-16-19-46-20-17-41/h3-15,26,30,33-36,42-43H,16-25H2,1-2H3,(H,39,45)(H,40,44)/t30-,33+,34+,35-,36+/m1/s1. The van der Waals surface area contributed by atoms with Gasteiger partial charge in [-0.05, 0) is 67.5 Å². The van der Waals surface area contributed by atoms with Crippen LogP contribution in [0.2, 0.25) is 0 Å². The van der Waals surface area contributed by atoms with E-state index >= 15 is 0 Å². The third-order valence-electron chi connectivity index (χ3n) is 8.99. The molecular formula is C38H49N3O7. The zero-order valence-corrected chi connectivity index (χ0v) is 27.9. The lowest BCUT2D eigenvalue weighted by Crippen LogP contribution is -2.48. The van der Waals surface area contributed by atoms with E-state index in [0.717, 1.165) is 60.9 Å². The predicted molar refractivity (Wildman–Crippen MR) is 183 cm³/mol. The molecule has 48 heavy (non-hydrogen) atoms. The molecule has 0 unspecified atom stereocenters. The Bertz CT molecular complexity index is 1450. The summed E-state index contributed by atoms with van der Waals surface area (Å²) in [5, 5.41) is 28.4. The first-order valence-corrected chi connectivity index (χ1v) is 17.0. The number of hydrogen-bond acceptors (Lipinski definition) is 8. The Kier molecular flexibility index (Phi) is 12.8. The van der Waals surface area contributed by atoms with Gasteiger partial charge in [-0.2, -0.15) is 0 Å². The third-order valence-corrected chi connectivity index (χ3v) is 8.99. The summed E-state index contributed by atoms with van der Waals surface area (Å²) in [4.78, 5) is 29.0. The highest BCUT2D eigenvalue weighted by atomic mass is 16.6. The van der Waals surface area contributed by atoms with Crippen LogP contribution >= 0.6 is 0 Å². The number of morpholine rings is 1. The SMILES string of the molecule is CC(C)OC(=O)N[C@@H](Cc1ccccc1)[C@@H](O)C[C@@H](Cc1ccc(OCCN2CCOCC2)cc1)C(=O)N[C@H]1c2ccccc2C[C@H]1O. The van der Waals surface area contributed by atoms with E-state index in [1.807, 2.05) is 78.9 Å². The van der Waals surface area contributed by atoms with Crippen molar-refractivity contribution in [1.82, 2.24) is 15.5 Å². The summed E-state index contributed by atoms with van der Waals surface area (Å²) >= 11 is 0. The van der Waals surface area contributed by atoms with E-state index in [-0.39, 0.29) is 18.4 Å². The molecule has 1 heterocycles. The van der Waals surface area contributed by atoms with Crippen molar-refractivity contribution in [3.8, 4) is 5.75 Å². The molecule has 4 N–H and O–H groups in total.